The summed E-state index contributed by atoms with van der Waals surface area (Å²) in [6, 6.07) is 8.87. The van der Waals surface area contributed by atoms with Crippen molar-refractivity contribution in [3.8, 4) is 0 Å². The largest absolute Gasteiger partial charge is 0.283 e. The van der Waals surface area contributed by atoms with Crippen molar-refractivity contribution in [1.82, 2.24) is 25.1 Å². The van der Waals surface area contributed by atoms with Crippen LogP contribution in [0.1, 0.15) is 23.0 Å². The van der Waals surface area contributed by atoms with Crippen molar-refractivity contribution in [3.05, 3.63) is 76.9 Å². The highest BCUT2D eigenvalue weighted by atomic mass is 19.1. The lowest BCUT2D eigenvalue weighted by Crippen LogP contribution is -2.39. The maximum absolute atomic E-state index is 14.4. The number of nitrogens with zero attached hydrogens (tertiary/aromatic N) is 5. The predicted octanol–water partition coefficient (Wildman–Crippen LogP) is 2.70. The Labute approximate surface area is 141 Å². The monoisotopic (exact) mass is 345 g/mol. The molecule has 128 valence electrons. The first-order valence-corrected chi connectivity index (χ1v) is 7.81. The van der Waals surface area contributed by atoms with Gasteiger partial charge in [0.2, 0.25) is 0 Å². The highest BCUT2D eigenvalue weighted by molar-refractivity contribution is 5.28. The van der Waals surface area contributed by atoms with E-state index in [-0.39, 0.29) is 11.4 Å². The molecule has 0 amide bonds. The summed E-state index contributed by atoms with van der Waals surface area (Å²) in [4.78, 5) is 1.92. The zero-order valence-corrected chi connectivity index (χ0v) is 13.1. The fraction of sp³-hybridized carbons (Fsp3) is 0.235. The van der Waals surface area contributed by atoms with E-state index in [1.54, 1.807) is 16.8 Å². The summed E-state index contributed by atoms with van der Waals surface area (Å²) in [5.74, 6) is -0.973. The second kappa shape index (κ2) is 6.29. The number of benzene rings is 2. The van der Waals surface area contributed by atoms with Gasteiger partial charge in [-0.15, -0.1) is 5.10 Å². The first-order valence-electron chi connectivity index (χ1n) is 7.81. The molecule has 0 bridgehead atoms. The molecule has 5 nitrogen and oxygen atoms in total. The van der Waals surface area contributed by atoms with Gasteiger partial charge in [0.15, 0.2) is 5.82 Å². The molecule has 0 saturated heterocycles. The fourth-order valence-corrected chi connectivity index (χ4v) is 3.18. The molecular weight excluding hydrogens is 331 g/mol. The van der Waals surface area contributed by atoms with E-state index in [1.165, 1.54) is 12.1 Å². The topological polar surface area (TPSA) is 46.8 Å². The average Bonchev–Trinajstić information content (AvgIpc) is 3.06. The summed E-state index contributed by atoms with van der Waals surface area (Å²) >= 11 is 0. The van der Waals surface area contributed by atoms with Crippen LogP contribution >= 0.6 is 0 Å². The molecule has 2 aromatic carbocycles. The van der Waals surface area contributed by atoms with Crippen molar-refractivity contribution in [2.45, 2.75) is 19.1 Å². The quantitative estimate of drug-likeness (QED) is 0.732. The van der Waals surface area contributed by atoms with Gasteiger partial charge in [0.1, 0.15) is 23.5 Å². The number of rotatable bonds is 3. The van der Waals surface area contributed by atoms with Gasteiger partial charge in [-0.25, -0.2) is 17.9 Å². The number of hydrogen-bond acceptors (Lipinski definition) is 4. The van der Waals surface area contributed by atoms with Gasteiger partial charge >= 0.3 is 0 Å². The van der Waals surface area contributed by atoms with Crippen LogP contribution in [0.4, 0.5) is 13.2 Å². The number of tetrazole rings is 1. The van der Waals surface area contributed by atoms with E-state index in [1.807, 2.05) is 4.90 Å². The zero-order valence-electron chi connectivity index (χ0n) is 13.1. The first-order chi connectivity index (χ1) is 12.1. The average molecular weight is 345 g/mol. The van der Waals surface area contributed by atoms with E-state index < -0.39 is 17.7 Å². The van der Waals surface area contributed by atoms with Crippen LogP contribution in [0.25, 0.3) is 0 Å². The maximum atomic E-state index is 14.4. The van der Waals surface area contributed by atoms with Gasteiger partial charge in [0.25, 0.3) is 0 Å². The van der Waals surface area contributed by atoms with Crippen LogP contribution in [0.15, 0.2) is 42.5 Å². The molecule has 1 atom stereocenters. The lowest BCUT2D eigenvalue weighted by molar-refractivity contribution is 0.160. The van der Waals surface area contributed by atoms with Crippen LogP contribution in [-0.2, 0) is 13.1 Å². The van der Waals surface area contributed by atoms with Crippen LogP contribution in [0.3, 0.4) is 0 Å². The van der Waals surface area contributed by atoms with E-state index in [2.05, 4.69) is 15.5 Å². The molecule has 3 aromatic rings. The van der Waals surface area contributed by atoms with Crippen molar-refractivity contribution in [2.24, 2.45) is 0 Å². The minimum absolute atomic E-state index is 0.159. The van der Waals surface area contributed by atoms with Gasteiger partial charge in [-0.05, 0) is 46.3 Å². The van der Waals surface area contributed by atoms with Gasteiger partial charge in [0.05, 0.1) is 6.54 Å². The summed E-state index contributed by atoms with van der Waals surface area (Å²) in [7, 11) is 0. The molecule has 8 heteroatoms. The third kappa shape index (κ3) is 3.00. The minimum Gasteiger partial charge on any atom is -0.283 e. The molecule has 1 unspecified atom stereocenters. The van der Waals surface area contributed by atoms with Gasteiger partial charge in [-0.1, -0.05) is 12.1 Å². The fourth-order valence-electron chi connectivity index (χ4n) is 3.18. The van der Waals surface area contributed by atoms with Gasteiger partial charge in [-0.2, -0.15) is 0 Å². The molecule has 1 aliphatic rings. The van der Waals surface area contributed by atoms with Crippen molar-refractivity contribution >= 4 is 0 Å². The Morgan fingerprint density at radius 3 is 2.68 bits per heavy atom. The molecule has 4 rings (SSSR count). The molecule has 1 aromatic heterocycles. The highest BCUT2D eigenvalue weighted by Gasteiger charge is 2.33. The zero-order chi connectivity index (χ0) is 17.4. The summed E-state index contributed by atoms with van der Waals surface area (Å²) in [5.41, 5.74) is 0.898. The molecular formula is C17H14F3N5. The van der Waals surface area contributed by atoms with Crippen LogP contribution < -0.4 is 0 Å². The highest BCUT2D eigenvalue weighted by Crippen LogP contribution is 2.33. The van der Waals surface area contributed by atoms with Crippen LogP contribution in [0.5, 0.6) is 0 Å². The Morgan fingerprint density at radius 2 is 1.84 bits per heavy atom. The number of halogens is 3. The summed E-state index contributed by atoms with van der Waals surface area (Å²) in [5, 5.41) is 11.5. The molecule has 0 fully saturated rings. The molecule has 0 N–H and O–H groups in total. The molecule has 1 aliphatic heterocycles. The molecule has 0 saturated carbocycles. The normalized spacial score (nSPS) is 17.5. The first kappa shape index (κ1) is 15.8. The SMILES string of the molecule is Fc1cccc(CN2CCn3nnnc3C2c2cc(F)ccc2F)c1. The maximum Gasteiger partial charge on any atom is 0.173 e. The standard InChI is InChI=1S/C17H14F3N5/c18-12-3-1-2-11(8-12)10-24-6-7-25-17(21-22-23-25)16(24)14-9-13(19)4-5-15(14)20/h1-5,8-9,16H,6-7,10H2. The lowest BCUT2D eigenvalue weighted by Gasteiger charge is -2.35. The van der Waals surface area contributed by atoms with Gasteiger partial charge in [0, 0.05) is 18.7 Å². The number of fused-ring (bicyclic) bond motifs is 1. The van der Waals surface area contributed by atoms with Crippen LogP contribution in [-0.4, -0.2) is 31.7 Å². The molecule has 0 radical (unpaired) electrons. The summed E-state index contributed by atoms with van der Waals surface area (Å²) in [6.07, 6.45) is 0. The van der Waals surface area contributed by atoms with Crippen LogP contribution in [0.2, 0.25) is 0 Å². The van der Waals surface area contributed by atoms with Crippen molar-refractivity contribution in [3.63, 3.8) is 0 Å². The van der Waals surface area contributed by atoms with Gasteiger partial charge < -0.3 is 0 Å². The van der Waals surface area contributed by atoms with Crippen LogP contribution in [0, 0.1) is 17.5 Å². The van der Waals surface area contributed by atoms with E-state index in [0.717, 1.165) is 23.8 Å². The molecule has 25 heavy (non-hydrogen) atoms. The minimum atomic E-state index is -0.650. The number of aromatic nitrogens is 4. The smallest absolute Gasteiger partial charge is 0.173 e. The van der Waals surface area contributed by atoms with Crippen molar-refractivity contribution in [1.29, 1.82) is 0 Å². The molecule has 2 heterocycles. The molecule has 0 spiro atoms. The number of hydrogen-bond donors (Lipinski definition) is 0. The molecule has 0 aliphatic carbocycles. The van der Waals surface area contributed by atoms with Crippen molar-refractivity contribution < 1.29 is 13.2 Å². The Morgan fingerprint density at radius 1 is 1.00 bits per heavy atom. The second-order valence-corrected chi connectivity index (χ2v) is 5.93. The Bertz CT molecular complexity index is 911. The van der Waals surface area contributed by atoms with E-state index >= 15 is 0 Å². The van der Waals surface area contributed by atoms with E-state index in [0.29, 0.717) is 25.5 Å². The third-order valence-electron chi connectivity index (χ3n) is 4.30. The van der Waals surface area contributed by atoms with E-state index in [9.17, 15) is 13.2 Å². The summed E-state index contributed by atoms with van der Waals surface area (Å²) < 4.78 is 43.2. The Balaban J connectivity index is 1.76. The third-order valence-corrected chi connectivity index (χ3v) is 4.30. The van der Waals surface area contributed by atoms with Gasteiger partial charge in [-0.3, -0.25) is 4.90 Å². The van der Waals surface area contributed by atoms with E-state index in [4.69, 9.17) is 0 Å². The second-order valence-electron chi connectivity index (χ2n) is 5.93. The Hall–Kier alpha value is -2.74. The van der Waals surface area contributed by atoms with Crippen molar-refractivity contribution in [2.75, 3.05) is 6.54 Å². The predicted molar refractivity (Wildman–Crippen MR) is 82.8 cm³/mol. The summed E-state index contributed by atoms with van der Waals surface area (Å²) in [6.45, 7) is 1.41. The lowest BCUT2D eigenvalue weighted by atomic mass is 10.0. The Kier molecular flexibility index (Phi) is 3.96.